The van der Waals surface area contributed by atoms with E-state index in [0.29, 0.717) is 0 Å². The van der Waals surface area contributed by atoms with E-state index in [2.05, 4.69) is 0 Å². The summed E-state index contributed by atoms with van der Waals surface area (Å²) in [5.41, 5.74) is -1.01. The number of benzene rings is 1. The van der Waals surface area contributed by atoms with Crippen LogP contribution in [0.1, 0.15) is 24.2 Å². The first-order valence-corrected chi connectivity index (χ1v) is 3.90. The zero-order chi connectivity index (χ0) is 10.9. The molecule has 1 aromatic rings. The Morgan fingerprint density at radius 2 is 1.86 bits per heavy atom. The predicted octanol–water partition coefficient (Wildman–Crippen LogP) is 2.46. The number of halogens is 3. The molecule has 0 saturated carbocycles. The SMILES string of the molecule is CC(O)c1ccc(O)c(C(F)(F)F)c1. The van der Waals surface area contributed by atoms with Gasteiger partial charge >= 0.3 is 6.18 Å². The van der Waals surface area contributed by atoms with Gasteiger partial charge in [-0.25, -0.2) is 0 Å². The van der Waals surface area contributed by atoms with Crippen molar-refractivity contribution in [3.05, 3.63) is 29.3 Å². The van der Waals surface area contributed by atoms with Crippen LogP contribution >= 0.6 is 0 Å². The standard InChI is InChI=1S/C9H9F3O2/c1-5(13)6-2-3-8(14)7(4-6)9(10,11)12/h2-5,13-14H,1H3. The molecule has 1 atom stereocenters. The van der Waals surface area contributed by atoms with Crippen LogP contribution in [-0.2, 0) is 6.18 Å². The minimum atomic E-state index is -4.60. The summed E-state index contributed by atoms with van der Waals surface area (Å²) in [6.07, 6.45) is -5.59. The van der Waals surface area contributed by atoms with Gasteiger partial charge in [0.05, 0.1) is 11.7 Å². The first-order valence-electron chi connectivity index (χ1n) is 3.90. The normalized spacial score (nSPS) is 14.1. The predicted molar refractivity (Wildman–Crippen MR) is 43.7 cm³/mol. The Balaban J connectivity index is 3.22. The van der Waals surface area contributed by atoms with E-state index in [0.717, 1.165) is 12.1 Å². The molecule has 1 rings (SSSR count). The third kappa shape index (κ3) is 2.17. The highest BCUT2D eigenvalue weighted by molar-refractivity contribution is 5.38. The van der Waals surface area contributed by atoms with Gasteiger partial charge in [-0.05, 0) is 24.6 Å². The minimum absolute atomic E-state index is 0.120. The molecular weight excluding hydrogens is 197 g/mol. The van der Waals surface area contributed by atoms with Crippen molar-refractivity contribution < 1.29 is 23.4 Å². The maximum atomic E-state index is 12.3. The largest absolute Gasteiger partial charge is 0.507 e. The molecule has 1 aromatic carbocycles. The van der Waals surface area contributed by atoms with Crippen molar-refractivity contribution >= 4 is 0 Å². The second-order valence-electron chi connectivity index (χ2n) is 2.95. The Bertz CT molecular complexity index is 331. The molecule has 2 nitrogen and oxygen atoms in total. The highest BCUT2D eigenvalue weighted by Crippen LogP contribution is 2.36. The van der Waals surface area contributed by atoms with E-state index in [1.807, 2.05) is 0 Å². The lowest BCUT2D eigenvalue weighted by atomic mass is 10.1. The Labute approximate surface area is 78.6 Å². The van der Waals surface area contributed by atoms with Crippen LogP contribution in [0.3, 0.4) is 0 Å². The summed E-state index contributed by atoms with van der Waals surface area (Å²) < 4.78 is 36.8. The number of aromatic hydroxyl groups is 1. The van der Waals surface area contributed by atoms with Crippen LogP contribution in [0.25, 0.3) is 0 Å². The molecule has 0 aliphatic carbocycles. The van der Waals surface area contributed by atoms with Gasteiger partial charge in [0.1, 0.15) is 5.75 Å². The van der Waals surface area contributed by atoms with Gasteiger partial charge in [-0.1, -0.05) is 6.07 Å². The summed E-state index contributed by atoms with van der Waals surface area (Å²) in [5, 5.41) is 18.0. The maximum Gasteiger partial charge on any atom is 0.419 e. The van der Waals surface area contributed by atoms with E-state index in [1.54, 1.807) is 0 Å². The fraction of sp³-hybridized carbons (Fsp3) is 0.333. The molecule has 0 aliphatic rings. The summed E-state index contributed by atoms with van der Waals surface area (Å²) in [6.45, 7) is 1.35. The molecule has 0 aromatic heterocycles. The third-order valence-corrected chi connectivity index (χ3v) is 1.81. The number of alkyl halides is 3. The van der Waals surface area contributed by atoms with E-state index in [1.165, 1.54) is 13.0 Å². The molecule has 0 heterocycles. The number of hydrogen-bond donors (Lipinski definition) is 2. The Hall–Kier alpha value is -1.23. The van der Waals surface area contributed by atoms with E-state index in [4.69, 9.17) is 10.2 Å². The molecule has 0 saturated heterocycles. The van der Waals surface area contributed by atoms with E-state index < -0.39 is 23.6 Å². The Morgan fingerprint density at radius 1 is 1.29 bits per heavy atom. The Morgan fingerprint density at radius 3 is 2.29 bits per heavy atom. The number of phenols is 1. The van der Waals surface area contributed by atoms with Crippen LogP contribution in [0, 0.1) is 0 Å². The van der Waals surface area contributed by atoms with Crippen LogP contribution in [0.2, 0.25) is 0 Å². The van der Waals surface area contributed by atoms with Gasteiger partial charge in [-0.15, -0.1) is 0 Å². The highest BCUT2D eigenvalue weighted by Gasteiger charge is 2.34. The van der Waals surface area contributed by atoms with Crippen molar-refractivity contribution in [3.8, 4) is 5.75 Å². The molecule has 0 radical (unpaired) electrons. The van der Waals surface area contributed by atoms with Gasteiger partial charge in [0.2, 0.25) is 0 Å². The number of rotatable bonds is 1. The number of aliphatic hydroxyl groups excluding tert-OH is 1. The second kappa shape index (κ2) is 3.49. The smallest absolute Gasteiger partial charge is 0.419 e. The average molecular weight is 206 g/mol. The van der Waals surface area contributed by atoms with Crippen LogP contribution in [0.5, 0.6) is 5.75 Å². The highest BCUT2D eigenvalue weighted by atomic mass is 19.4. The average Bonchev–Trinajstić information content (AvgIpc) is 2.02. The van der Waals surface area contributed by atoms with Crippen molar-refractivity contribution in [2.75, 3.05) is 0 Å². The summed E-state index contributed by atoms with van der Waals surface area (Å²) in [4.78, 5) is 0. The molecule has 0 spiro atoms. The quantitative estimate of drug-likeness (QED) is 0.740. The van der Waals surface area contributed by atoms with Gasteiger partial charge in [-0.2, -0.15) is 13.2 Å². The summed E-state index contributed by atoms with van der Waals surface area (Å²) in [6, 6.07) is 2.90. The lowest BCUT2D eigenvalue weighted by Crippen LogP contribution is -2.06. The lowest BCUT2D eigenvalue weighted by molar-refractivity contribution is -0.138. The Kier molecular flexibility index (Phi) is 2.71. The van der Waals surface area contributed by atoms with E-state index >= 15 is 0 Å². The van der Waals surface area contributed by atoms with Crippen LogP contribution < -0.4 is 0 Å². The van der Waals surface area contributed by atoms with Crippen molar-refractivity contribution in [3.63, 3.8) is 0 Å². The molecule has 14 heavy (non-hydrogen) atoms. The van der Waals surface area contributed by atoms with Gasteiger partial charge < -0.3 is 10.2 Å². The second-order valence-corrected chi connectivity index (χ2v) is 2.95. The zero-order valence-corrected chi connectivity index (χ0v) is 7.34. The molecule has 78 valence electrons. The monoisotopic (exact) mass is 206 g/mol. The fourth-order valence-corrected chi connectivity index (χ4v) is 1.04. The van der Waals surface area contributed by atoms with Gasteiger partial charge in [0.15, 0.2) is 0 Å². The molecule has 0 fully saturated rings. The first kappa shape index (κ1) is 10.8. The van der Waals surface area contributed by atoms with Crippen LogP contribution in [-0.4, -0.2) is 10.2 Å². The molecular formula is C9H9F3O2. The van der Waals surface area contributed by atoms with Gasteiger partial charge in [0.25, 0.3) is 0 Å². The molecule has 1 unspecified atom stereocenters. The number of phenolic OH excluding ortho intramolecular Hbond substituents is 1. The van der Waals surface area contributed by atoms with Crippen molar-refractivity contribution in [2.24, 2.45) is 0 Å². The summed E-state index contributed by atoms with van der Waals surface area (Å²) in [7, 11) is 0. The van der Waals surface area contributed by atoms with E-state index in [-0.39, 0.29) is 5.56 Å². The third-order valence-electron chi connectivity index (χ3n) is 1.81. The maximum absolute atomic E-state index is 12.3. The number of hydrogen-bond acceptors (Lipinski definition) is 2. The van der Waals surface area contributed by atoms with Crippen molar-refractivity contribution in [1.82, 2.24) is 0 Å². The molecule has 0 bridgehead atoms. The molecule has 5 heteroatoms. The summed E-state index contributed by atoms with van der Waals surface area (Å²) >= 11 is 0. The molecule has 2 N–H and O–H groups in total. The van der Waals surface area contributed by atoms with E-state index in [9.17, 15) is 13.2 Å². The van der Waals surface area contributed by atoms with Crippen molar-refractivity contribution in [1.29, 1.82) is 0 Å². The topological polar surface area (TPSA) is 40.5 Å². The molecule has 0 aliphatic heterocycles. The zero-order valence-electron chi connectivity index (χ0n) is 7.34. The summed E-state index contributed by atoms with van der Waals surface area (Å²) in [5.74, 6) is -0.832. The van der Waals surface area contributed by atoms with Gasteiger partial charge in [0, 0.05) is 0 Å². The van der Waals surface area contributed by atoms with Crippen LogP contribution in [0.4, 0.5) is 13.2 Å². The van der Waals surface area contributed by atoms with Crippen LogP contribution in [0.15, 0.2) is 18.2 Å². The first-order chi connectivity index (χ1) is 6.32. The number of aliphatic hydroxyl groups is 1. The minimum Gasteiger partial charge on any atom is -0.507 e. The molecule has 0 amide bonds. The van der Waals surface area contributed by atoms with Gasteiger partial charge in [-0.3, -0.25) is 0 Å². The lowest BCUT2D eigenvalue weighted by Gasteiger charge is -2.11. The fourth-order valence-electron chi connectivity index (χ4n) is 1.04. The van der Waals surface area contributed by atoms with Crippen molar-refractivity contribution in [2.45, 2.75) is 19.2 Å².